The lowest BCUT2D eigenvalue weighted by molar-refractivity contribution is -0.510. The van der Waals surface area contributed by atoms with E-state index in [2.05, 4.69) is 6.92 Å². The standard InChI is InChI=1S/C18H33NO4/c1-2-3-4-5-6-7-8-11-14-17(19(22)23)15-12-9-10-13-16-18(20)21/h11,14,17H,2-10,12-13,15-16H2,1H3,(H,20,21). The number of nitro groups is 1. The molecule has 1 unspecified atom stereocenters. The molecule has 0 bridgehead atoms. The van der Waals surface area contributed by atoms with Crippen molar-refractivity contribution < 1.29 is 14.8 Å². The maximum atomic E-state index is 11.0. The van der Waals surface area contributed by atoms with Crippen LogP contribution < -0.4 is 0 Å². The lowest BCUT2D eigenvalue weighted by atomic mass is 10.1. The van der Waals surface area contributed by atoms with E-state index < -0.39 is 12.0 Å². The van der Waals surface area contributed by atoms with Crippen LogP contribution in [-0.2, 0) is 4.79 Å². The zero-order valence-corrected chi connectivity index (χ0v) is 14.5. The first kappa shape index (κ1) is 21.6. The number of rotatable bonds is 16. The van der Waals surface area contributed by atoms with E-state index >= 15 is 0 Å². The van der Waals surface area contributed by atoms with Crippen LogP contribution in [-0.4, -0.2) is 22.0 Å². The van der Waals surface area contributed by atoms with E-state index in [0.29, 0.717) is 12.8 Å². The van der Waals surface area contributed by atoms with Gasteiger partial charge in [-0.2, -0.15) is 0 Å². The van der Waals surface area contributed by atoms with Crippen LogP contribution in [0.3, 0.4) is 0 Å². The van der Waals surface area contributed by atoms with E-state index in [9.17, 15) is 14.9 Å². The molecular formula is C18H33NO4. The highest BCUT2D eigenvalue weighted by atomic mass is 16.6. The Morgan fingerprint density at radius 3 is 2.30 bits per heavy atom. The summed E-state index contributed by atoms with van der Waals surface area (Å²) in [6, 6.07) is -0.588. The number of carboxylic acids is 1. The monoisotopic (exact) mass is 327 g/mol. The van der Waals surface area contributed by atoms with Gasteiger partial charge in [0, 0.05) is 17.8 Å². The summed E-state index contributed by atoms with van der Waals surface area (Å²) in [6.07, 6.45) is 15.9. The highest BCUT2D eigenvalue weighted by Gasteiger charge is 2.14. The molecule has 0 saturated heterocycles. The van der Waals surface area contributed by atoms with Gasteiger partial charge in [0.15, 0.2) is 0 Å². The van der Waals surface area contributed by atoms with Gasteiger partial charge < -0.3 is 5.11 Å². The molecule has 0 aliphatic heterocycles. The number of hydrogen-bond acceptors (Lipinski definition) is 3. The normalized spacial score (nSPS) is 12.6. The smallest absolute Gasteiger partial charge is 0.303 e. The summed E-state index contributed by atoms with van der Waals surface area (Å²) in [5.74, 6) is -0.772. The fourth-order valence-corrected chi connectivity index (χ4v) is 2.55. The second-order valence-corrected chi connectivity index (χ2v) is 6.18. The van der Waals surface area contributed by atoms with E-state index in [1.54, 1.807) is 6.08 Å². The van der Waals surface area contributed by atoms with Crippen LogP contribution in [0.5, 0.6) is 0 Å². The second-order valence-electron chi connectivity index (χ2n) is 6.18. The average molecular weight is 327 g/mol. The van der Waals surface area contributed by atoms with Gasteiger partial charge in [0.2, 0.25) is 6.04 Å². The number of aliphatic carboxylic acids is 1. The van der Waals surface area contributed by atoms with Gasteiger partial charge >= 0.3 is 5.97 Å². The van der Waals surface area contributed by atoms with Crippen LogP contribution in [0.2, 0.25) is 0 Å². The molecule has 0 aromatic carbocycles. The molecule has 0 saturated carbocycles. The van der Waals surface area contributed by atoms with Gasteiger partial charge in [-0.15, -0.1) is 0 Å². The van der Waals surface area contributed by atoms with Gasteiger partial charge in [-0.25, -0.2) is 0 Å². The summed E-state index contributed by atoms with van der Waals surface area (Å²) < 4.78 is 0. The molecule has 0 amide bonds. The number of hydrogen-bond donors (Lipinski definition) is 1. The SMILES string of the molecule is CCCCCCCCC=CC(CCCCCCC(=O)O)[N+](=O)[O-]. The van der Waals surface area contributed by atoms with E-state index in [-0.39, 0.29) is 11.3 Å². The summed E-state index contributed by atoms with van der Waals surface area (Å²) in [4.78, 5) is 21.2. The van der Waals surface area contributed by atoms with Crippen LogP contribution >= 0.6 is 0 Å². The third kappa shape index (κ3) is 15.3. The lowest BCUT2D eigenvalue weighted by Gasteiger charge is -2.05. The van der Waals surface area contributed by atoms with Crippen molar-refractivity contribution in [2.45, 2.75) is 96.4 Å². The van der Waals surface area contributed by atoms with Crippen molar-refractivity contribution in [3.05, 3.63) is 22.3 Å². The fourth-order valence-electron chi connectivity index (χ4n) is 2.55. The summed E-state index contributed by atoms with van der Waals surface area (Å²) in [5, 5.41) is 19.6. The minimum absolute atomic E-state index is 0.191. The van der Waals surface area contributed by atoms with Crippen molar-refractivity contribution in [3.8, 4) is 0 Å². The van der Waals surface area contributed by atoms with Gasteiger partial charge in [0.1, 0.15) is 0 Å². The van der Waals surface area contributed by atoms with Gasteiger partial charge in [-0.05, 0) is 31.8 Å². The highest BCUT2D eigenvalue weighted by Crippen LogP contribution is 2.12. The zero-order chi connectivity index (χ0) is 17.3. The first-order chi connectivity index (χ1) is 11.1. The van der Waals surface area contributed by atoms with Crippen LogP contribution in [0.1, 0.15) is 90.4 Å². The van der Waals surface area contributed by atoms with E-state index in [0.717, 1.165) is 32.1 Å². The van der Waals surface area contributed by atoms with Gasteiger partial charge in [0.25, 0.3) is 0 Å². The predicted molar refractivity (Wildman–Crippen MR) is 93.3 cm³/mol. The Hall–Kier alpha value is -1.39. The summed E-state index contributed by atoms with van der Waals surface area (Å²) in [5.41, 5.74) is 0. The third-order valence-corrected chi connectivity index (χ3v) is 3.99. The first-order valence-electron chi connectivity index (χ1n) is 9.09. The number of unbranched alkanes of at least 4 members (excludes halogenated alkanes) is 9. The molecule has 0 aromatic rings. The molecule has 1 N–H and O–H groups in total. The molecule has 5 nitrogen and oxygen atoms in total. The number of allylic oxidation sites excluding steroid dienone is 1. The van der Waals surface area contributed by atoms with Crippen molar-refractivity contribution in [1.29, 1.82) is 0 Å². The minimum Gasteiger partial charge on any atom is -0.481 e. The molecule has 23 heavy (non-hydrogen) atoms. The Morgan fingerprint density at radius 1 is 1.04 bits per heavy atom. The molecule has 0 fully saturated rings. The molecule has 0 aliphatic carbocycles. The van der Waals surface area contributed by atoms with E-state index in [1.165, 1.54) is 32.1 Å². The molecule has 5 heteroatoms. The number of carboxylic acid groups (broad SMARTS) is 1. The fraction of sp³-hybridized carbons (Fsp3) is 0.833. The number of nitrogens with zero attached hydrogens (tertiary/aromatic N) is 1. The van der Waals surface area contributed by atoms with Gasteiger partial charge in [-0.3, -0.25) is 14.9 Å². The zero-order valence-electron chi connectivity index (χ0n) is 14.5. The average Bonchev–Trinajstić information content (AvgIpc) is 2.50. The molecule has 0 spiro atoms. The van der Waals surface area contributed by atoms with Crippen LogP contribution in [0.4, 0.5) is 0 Å². The Kier molecular flexibility index (Phi) is 14.6. The number of carbonyl (C=O) groups is 1. The molecule has 0 rings (SSSR count). The quantitative estimate of drug-likeness (QED) is 0.179. The van der Waals surface area contributed by atoms with Crippen molar-refractivity contribution in [3.63, 3.8) is 0 Å². The van der Waals surface area contributed by atoms with Gasteiger partial charge in [0.05, 0.1) is 0 Å². The maximum absolute atomic E-state index is 11.0. The molecule has 0 radical (unpaired) electrons. The van der Waals surface area contributed by atoms with Crippen LogP contribution in [0.15, 0.2) is 12.2 Å². The van der Waals surface area contributed by atoms with Crippen molar-refractivity contribution in [1.82, 2.24) is 0 Å². The summed E-state index contributed by atoms with van der Waals surface area (Å²) >= 11 is 0. The largest absolute Gasteiger partial charge is 0.481 e. The third-order valence-electron chi connectivity index (χ3n) is 3.99. The Balaban J connectivity index is 3.70. The molecule has 0 aromatic heterocycles. The second kappa shape index (κ2) is 15.5. The Labute approximate surface area is 140 Å². The minimum atomic E-state index is -0.772. The topological polar surface area (TPSA) is 80.4 Å². The van der Waals surface area contributed by atoms with Crippen molar-refractivity contribution >= 4 is 5.97 Å². The summed E-state index contributed by atoms with van der Waals surface area (Å²) in [7, 11) is 0. The summed E-state index contributed by atoms with van der Waals surface area (Å²) in [6.45, 7) is 2.20. The Bertz CT molecular complexity index is 342. The Morgan fingerprint density at radius 2 is 1.65 bits per heavy atom. The predicted octanol–water partition coefficient (Wildman–Crippen LogP) is 5.36. The van der Waals surface area contributed by atoms with Crippen molar-refractivity contribution in [2.75, 3.05) is 0 Å². The first-order valence-corrected chi connectivity index (χ1v) is 9.09. The molecular weight excluding hydrogens is 294 g/mol. The van der Waals surface area contributed by atoms with Crippen LogP contribution in [0.25, 0.3) is 0 Å². The molecule has 1 atom stereocenters. The van der Waals surface area contributed by atoms with Gasteiger partial charge in [-0.1, -0.05) is 57.9 Å². The highest BCUT2D eigenvalue weighted by molar-refractivity contribution is 5.66. The lowest BCUT2D eigenvalue weighted by Crippen LogP contribution is -2.16. The molecule has 134 valence electrons. The van der Waals surface area contributed by atoms with E-state index in [4.69, 9.17) is 5.11 Å². The maximum Gasteiger partial charge on any atom is 0.303 e. The van der Waals surface area contributed by atoms with E-state index in [1.807, 2.05) is 6.08 Å². The molecule has 0 aliphatic rings. The molecule has 0 heterocycles. The van der Waals surface area contributed by atoms with Crippen LogP contribution in [0, 0.1) is 10.1 Å². The van der Waals surface area contributed by atoms with Crippen molar-refractivity contribution in [2.24, 2.45) is 0 Å².